The Labute approximate surface area is 82.5 Å². The summed E-state index contributed by atoms with van der Waals surface area (Å²) in [6, 6.07) is 4.93. The quantitative estimate of drug-likeness (QED) is 0.712. The fourth-order valence-corrected chi connectivity index (χ4v) is 2.15. The van der Waals surface area contributed by atoms with Crippen molar-refractivity contribution in [3.63, 3.8) is 0 Å². The van der Waals surface area contributed by atoms with E-state index in [9.17, 15) is 9.50 Å². The molecule has 1 aliphatic rings. The minimum Gasteiger partial charge on any atom is -0.393 e. The molecule has 0 radical (unpaired) electrons. The van der Waals surface area contributed by atoms with Crippen LogP contribution in [0.2, 0.25) is 0 Å². The van der Waals surface area contributed by atoms with Gasteiger partial charge in [-0.25, -0.2) is 4.39 Å². The Morgan fingerprint density at radius 2 is 2.14 bits per heavy atom. The lowest BCUT2D eigenvalue weighted by molar-refractivity contribution is 0.0205. The molecule has 76 valence electrons. The first kappa shape index (κ1) is 9.62. The summed E-state index contributed by atoms with van der Waals surface area (Å²) >= 11 is 0. The van der Waals surface area contributed by atoms with E-state index in [4.69, 9.17) is 5.73 Å². The molecule has 1 aromatic carbocycles. The third kappa shape index (κ3) is 1.33. The first-order valence-corrected chi connectivity index (χ1v) is 4.75. The van der Waals surface area contributed by atoms with E-state index in [0.717, 1.165) is 5.56 Å². The van der Waals surface area contributed by atoms with Gasteiger partial charge in [0.25, 0.3) is 0 Å². The van der Waals surface area contributed by atoms with Crippen molar-refractivity contribution >= 4 is 0 Å². The van der Waals surface area contributed by atoms with Crippen molar-refractivity contribution in [2.45, 2.75) is 31.4 Å². The fourth-order valence-electron chi connectivity index (χ4n) is 2.15. The van der Waals surface area contributed by atoms with Crippen molar-refractivity contribution in [1.82, 2.24) is 0 Å². The zero-order valence-electron chi connectivity index (χ0n) is 8.13. The molecule has 0 atom stereocenters. The summed E-state index contributed by atoms with van der Waals surface area (Å²) in [6.45, 7) is 1.73. The van der Waals surface area contributed by atoms with Gasteiger partial charge >= 0.3 is 0 Å². The summed E-state index contributed by atoms with van der Waals surface area (Å²) in [5.74, 6) is -0.228. The molecule has 2 nitrogen and oxygen atoms in total. The highest BCUT2D eigenvalue weighted by atomic mass is 19.1. The molecule has 3 heteroatoms. The monoisotopic (exact) mass is 195 g/mol. The van der Waals surface area contributed by atoms with Crippen LogP contribution in [0.25, 0.3) is 0 Å². The van der Waals surface area contributed by atoms with Crippen LogP contribution in [-0.2, 0) is 5.54 Å². The van der Waals surface area contributed by atoms with Crippen LogP contribution >= 0.6 is 0 Å². The van der Waals surface area contributed by atoms with Crippen LogP contribution in [0.1, 0.15) is 24.0 Å². The van der Waals surface area contributed by atoms with Crippen LogP contribution in [0.3, 0.4) is 0 Å². The fraction of sp³-hybridized carbons (Fsp3) is 0.455. The van der Waals surface area contributed by atoms with Crippen LogP contribution in [0, 0.1) is 12.7 Å². The van der Waals surface area contributed by atoms with Crippen LogP contribution in [-0.4, -0.2) is 11.2 Å². The third-order valence-corrected chi connectivity index (χ3v) is 3.00. The molecule has 1 aromatic rings. The van der Waals surface area contributed by atoms with Gasteiger partial charge < -0.3 is 10.8 Å². The molecule has 0 amide bonds. The lowest BCUT2D eigenvalue weighted by Gasteiger charge is -2.43. The molecule has 2 rings (SSSR count). The molecule has 0 spiro atoms. The Morgan fingerprint density at radius 3 is 2.71 bits per heavy atom. The number of rotatable bonds is 1. The molecule has 0 aliphatic heterocycles. The van der Waals surface area contributed by atoms with Gasteiger partial charge in [0.1, 0.15) is 5.82 Å². The summed E-state index contributed by atoms with van der Waals surface area (Å²) < 4.78 is 13.2. The van der Waals surface area contributed by atoms with Gasteiger partial charge in [0.05, 0.1) is 6.10 Å². The Kier molecular flexibility index (Phi) is 2.09. The highest BCUT2D eigenvalue weighted by Crippen LogP contribution is 2.40. The maximum absolute atomic E-state index is 13.2. The molecule has 0 unspecified atom stereocenters. The van der Waals surface area contributed by atoms with E-state index in [1.165, 1.54) is 6.07 Å². The predicted molar refractivity (Wildman–Crippen MR) is 52.2 cm³/mol. The second-order valence-electron chi connectivity index (χ2n) is 4.13. The SMILES string of the molecule is Cc1c(F)cccc1C1(N)CC(O)C1. The normalized spacial score (nSPS) is 31.3. The lowest BCUT2D eigenvalue weighted by Crippen LogP contribution is -2.52. The number of hydrogen-bond acceptors (Lipinski definition) is 2. The Morgan fingerprint density at radius 1 is 1.50 bits per heavy atom. The summed E-state index contributed by atoms with van der Waals surface area (Å²) in [6.07, 6.45) is 0.719. The number of nitrogens with two attached hydrogens (primary N) is 1. The van der Waals surface area contributed by atoms with Crippen LogP contribution in [0.4, 0.5) is 4.39 Å². The summed E-state index contributed by atoms with van der Waals surface area (Å²) in [4.78, 5) is 0. The van der Waals surface area contributed by atoms with Crippen molar-refractivity contribution in [2.75, 3.05) is 0 Å². The summed E-state index contributed by atoms with van der Waals surface area (Å²) in [7, 11) is 0. The molecular weight excluding hydrogens is 181 g/mol. The molecule has 0 bridgehead atoms. The third-order valence-electron chi connectivity index (χ3n) is 3.00. The lowest BCUT2D eigenvalue weighted by atomic mass is 9.69. The van der Waals surface area contributed by atoms with Gasteiger partial charge in [-0.2, -0.15) is 0 Å². The molecule has 14 heavy (non-hydrogen) atoms. The van der Waals surface area contributed by atoms with Crippen molar-refractivity contribution in [3.8, 4) is 0 Å². The van der Waals surface area contributed by atoms with Gasteiger partial charge in [0, 0.05) is 5.54 Å². The van der Waals surface area contributed by atoms with Crippen LogP contribution in [0.5, 0.6) is 0 Å². The second kappa shape index (κ2) is 3.04. The minimum atomic E-state index is -0.522. The minimum absolute atomic E-state index is 0.228. The van der Waals surface area contributed by atoms with E-state index in [0.29, 0.717) is 18.4 Å². The Bertz CT molecular complexity index is 358. The number of benzene rings is 1. The summed E-state index contributed by atoms with van der Waals surface area (Å²) in [5, 5.41) is 9.23. The average Bonchev–Trinajstić information content (AvgIpc) is 2.07. The smallest absolute Gasteiger partial charge is 0.126 e. The molecule has 0 aromatic heterocycles. The number of halogens is 1. The molecule has 1 aliphatic carbocycles. The van der Waals surface area contributed by atoms with Crippen molar-refractivity contribution in [2.24, 2.45) is 5.73 Å². The largest absolute Gasteiger partial charge is 0.393 e. The molecule has 0 saturated heterocycles. The predicted octanol–water partition coefficient (Wildman–Crippen LogP) is 1.44. The first-order valence-electron chi connectivity index (χ1n) is 4.75. The van der Waals surface area contributed by atoms with E-state index in [-0.39, 0.29) is 11.9 Å². The van der Waals surface area contributed by atoms with Crippen LogP contribution in [0.15, 0.2) is 18.2 Å². The van der Waals surface area contributed by atoms with Gasteiger partial charge in [-0.1, -0.05) is 12.1 Å². The number of aliphatic hydroxyl groups excluding tert-OH is 1. The Hall–Kier alpha value is -0.930. The standard InChI is InChI=1S/C11H14FNO/c1-7-9(3-2-4-10(7)12)11(13)5-8(14)6-11/h2-4,8,14H,5-6,13H2,1H3. The van der Waals surface area contributed by atoms with E-state index < -0.39 is 5.54 Å². The average molecular weight is 195 g/mol. The van der Waals surface area contributed by atoms with Gasteiger partial charge in [0.2, 0.25) is 0 Å². The van der Waals surface area contributed by atoms with Crippen molar-refractivity contribution in [1.29, 1.82) is 0 Å². The van der Waals surface area contributed by atoms with Crippen molar-refractivity contribution < 1.29 is 9.50 Å². The highest BCUT2D eigenvalue weighted by Gasteiger charge is 2.42. The molecule has 1 fully saturated rings. The van der Waals surface area contributed by atoms with Gasteiger partial charge in [0.15, 0.2) is 0 Å². The van der Waals surface area contributed by atoms with E-state index >= 15 is 0 Å². The zero-order chi connectivity index (χ0) is 10.3. The summed E-state index contributed by atoms with van der Waals surface area (Å²) in [5.41, 5.74) is 6.96. The number of aliphatic hydroxyl groups is 1. The molecule has 1 saturated carbocycles. The highest BCUT2D eigenvalue weighted by molar-refractivity contribution is 5.35. The second-order valence-corrected chi connectivity index (χ2v) is 4.13. The maximum atomic E-state index is 13.2. The van der Waals surface area contributed by atoms with E-state index in [2.05, 4.69) is 0 Å². The zero-order valence-corrected chi connectivity index (χ0v) is 8.13. The Balaban J connectivity index is 2.37. The van der Waals surface area contributed by atoms with E-state index in [1.54, 1.807) is 13.0 Å². The maximum Gasteiger partial charge on any atom is 0.126 e. The van der Waals surface area contributed by atoms with Gasteiger partial charge in [-0.3, -0.25) is 0 Å². The molecule has 0 heterocycles. The van der Waals surface area contributed by atoms with E-state index in [1.807, 2.05) is 6.07 Å². The number of hydrogen-bond donors (Lipinski definition) is 2. The van der Waals surface area contributed by atoms with Crippen LogP contribution < -0.4 is 5.73 Å². The van der Waals surface area contributed by atoms with Gasteiger partial charge in [-0.15, -0.1) is 0 Å². The molecule has 3 N–H and O–H groups in total. The van der Waals surface area contributed by atoms with Gasteiger partial charge in [-0.05, 0) is 37.0 Å². The topological polar surface area (TPSA) is 46.2 Å². The van der Waals surface area contributed by atoms with Crippen molar-refractivity contribution in [3.05, 3.63) is 35.1 Å². The first-order chi connectivity index (χ1) is 6.53. The molecular formula is C11H14FNO.